The number of hydrogen-bond acceptors (Lipinski definition) is 3. The molecule has 1 rings (SSSR count). The molecule has 0 aliphatic heterocycles. The molecule has 0 bridgehead atoms. The Labute approximate surface area is 96.0 Å². The monoisotopic (exact) mass is 226 g/mol. The van der Waals surface area contributed by atoms with Gasteiger partial charge in [-0.3, -0.25) is 0 Å². The van der Waals surface area contributed by atoms with Crippen molar-refractivity contribution in [2.45, 2.75) is 13.0 Å². The number of halogens is 1. The van der Waals surface area contributed by atoms with E-state index in [9.17, 15) is 4.39 Å². The third-order valence-electron chi connectivity index (χ3n) is 2.27. The van der Waals surface area contributed by atoms with E-state index in [1.807, 2.05) is 19.0 Å². The fourth-order valence-electron chi connectivity index (χ4n) is 1.31. The van der Waals surface area contributed by atoms with Crippen LogP contribution in [0.15, 0.2) is 18.2 Å². The highest BCUT2D eigenvalue weighted by molar-refractivity contribution is 5.30. The number of benzene rings is 1. The van der Waals surface area contributed by atoms with Gasteiger partial charge < -0.3 is 15.4 Å². The van der Waals surface area contributed by atoms with E-state index in [0.717, 1.165) is 6.54 Å². The van der Waals surface area contributed by atoms with Crippen LogP contribution in [-0.4, -0.2) is 32.1 Å². The summed E-state index contributed by atoms with van der Waals surface area (Å²) in [4.78, 5) is 2.01. The van der Waals surface area contributed by atoms with Gasteiger partial charge in [-0.15, -0.1) is 0 Å². The van der Waals surface area contributed by atoms with Gasteiger partial charge in [0.25, 0.3) is 0 Å². The number of nitrogens with two attached hydrogens (primary N) is 1. The van der Waals surface area contributed by atoms with Crippen molar-refractivity contribution in [2.24, 2.45) is 5.73 Å². The molecule has 0 radical (unpaired) electrons. The zero-order chi connectivity index (χ0) is 12.1. The third kappa shape index (κ3) is 3.79. The van der Waals surface area contributed by atoms with Crippen LogP contribution in [0.1, 0.15) is 18.5 Å². The fraction of sp³-hybridized carbons (Fsp3) is 0.500. The Morgan fingerprint density at radius 2 is 2.12 bits per heavy atom. The molecule has 0 amide bonds. The van der Waals surface area contributed by atoms with Gasteiger partial charge in [-0.2, -0.15) is 0 Å². The highest BCUT2D eigenvalue weighted by Crippen LogP contribution is 2.20. The Bertz CT molecular complexity index is 340. The van der Waals surface area contributed by atoms with Gasteiger partial charge in [-0.1, -0.05) is 6.07 Å². The van der Waals surface area contributed by atoms with Gasteiger partial charge in [0.05, 0.1) is 0 Å². The molecule has 0 fully saturated rings. The number of nitrogens with zero attached hydrogens (tertiary/aromatic N) is 1. The van der Waals surface area contributed by atoms with Crippen LogP contribution in [0.25, 0.3) is 0 Å². The zero-order valence-electron chi connectivity index (χ0n) is 10.0. The van der Waals surface area contributed by atoms with Gasteiger partial charge in [0, 0.05) is 24.2 Å². The van der Waals surface area contributed by atoms with Crippen LogP contribution in [0.5, 0.6) is 5.75 Å². The first kappa shape index (κ1) is 12.9. The Morgan fingerprint density at radius 1 is 1.44 bits per heavy atom. The summed E-state index contributed by atoms with van der Waals surface area (Å²) >= 11 is 0. The average Bonchev–Trinajstić information content (AvgIpc) is 2.16. The van der Waals surface area contributed by atoms with E-state index < -0.39 is 0 Å². The molecule has 90 valence electrons. The lowest BCUT2D eigenvalue weighted by Crippen LogP contribution is -2.19. The Kier molecular flexibility index (Phi) is 4.71. The minimum Gasteiger partial charge on any atom is -0.492 e. The maximum Gasteiger partial charge on any atom is 0.131 e. The van der Waals surface area contributed by atoms with Gasteiger partial charge in [-0.05, 0) is 27.1 Å². The predicted octanol–water partition coefficient (Wildman–Crippen LogP) is 1.79. The van der Waals surface area contributed by atoms with E-state index in [-0.39, 0.29) is 11.9 Å². The Morgan fingerprint density at radius 3 is 2.62 bits per heavy atom. The summed E-state index contributed by atoms with van der Waals surface area (Å²) in [5.41, 5.74) is 6.13. The lowest BCUT2D eigenvalue weighted by atomic mass is 10.1. The van der Waals surface area contributed by atoms with E-state index in [4.69, 9.17) is 10.5 Å². The minimum atomic E-state index is -0.308. The fourth-order valence-corrected chi connectivity index (χ4v) is 1.31. The second-order valence-electron chi connectivity index (χ2n) is 4.12. The van der Waals surface area contributed by atoms with Gasteiger partial charge in [0.1, 0.15) is 18.2 Å². The van der Waals surface area contributed by atoms with Gasteiger partial charge in [0.2, 0.25) is 0 Å². The molecule has 0 aromatic heterocycles. The van der Waals surface area contributed by atoms with E-state index >= 15 is 0 Å². The maximum atomic E-state index is 13.5. The third-order valence-corrected chi connectivity index (χ3v) is 2.27. The first-order valence-corrected chi connectivity index (χ1v) is 5.33. The molecule has 2 N–H and O–H groups in total. The molecule has 0 saturated heterocycles. The molecule has 0 heterocycles. The average molecular weight is 226 g/mol. The van der Waals surface area contributed by atoms with E-state index in [1.54, 1.807) is 19.1 Å². The molecular formula is C12H19FN2O. The summed E-state index contributed by atoms with van der Waals surface area (Å²) < 4.78 is 18.9. The van der Waals surface area contributed by atoms with Crippen LogP contribution in [0.3, 0.4) is 0 Å². The molecule has 1 aromatic carbocycles. The van der Waals surface area contributed by atoms with Crippen molar-refractivity contribution >= 4 is 0 Å². The van der Waals surface area contributed by atoms with Crippen molar-refractivity contribution in [3.8, 4) is 5.75 Å². The molecule has 0 aliphatic rings. The molecule has 1 aromatic rings. The lowest BCUT2D eigenvalue weighted by molar-refractivity contribution is 0.260. The standard InChI is InChI=1S/C12H19FN2O/c1-9(14)11-5-4-10(8-12(11)13)16-7-6-15(2)3/h4-5,8-9H,6-7,14H2,1-3H3/t9-/m0/s1. The number of likely N-dealkylation sites (N-methyl/N-ethyl adjacent to an activating group) is 1. The topological polar surface area (TPSA) is 38.5 Å². The molecule has 0 spiro atoms. The van der Waals surface area contributed by atoms with Gasteiger partial charge in [0.15, 0.2) is 0 Å². The molecule has 0 unspecified atom stereocenters. The first-order valence-electron chi connectivity index (χ1n) is 5.33. The van der Waals surface area contributed by atoms with Crippen LogP contribution < -0.4 is 10.5 Å². The van der Waals surface area contributed by atoms with Gasteiger partial charge in [-0.25, -0.2) is 4.39 Å². The van der Waals surface area contributed by atoms with Crippen LogP contribution >= 0.6 is 0 Å². The number of hydrogen-bond donors (Lipinski definition) is 1. The first-order chi connectivity index (χ1) is 7.50. The van der Waals surface area contributed by atoms with E-state index in [0.29, 0.717) is 17.9 Å². The zero-order valence-corrected chi connectivity index (χ0v) is 10.0. The van der Waals surface area contributed by atoms with Crippen LogP contribution in [0.2, 0.25) is 0 Å². The van der Waals surface area contributed by atoms with Crippen LogP contribution in [0, 0.1) is 5.82 Å². The van der Waals surface area contributed by atoms with Crippen molar-refractivity contribution in [1.82, 2.24) is 4.90 Å². The largest absolute Gasteiger partial charge is 0.492 e. The van der Waals surface area contributed by atoms with Crippen LogP contribution in [0.4, 0.5) is 4.39 Å². The summed E-state index contributed by atoms with van der Waals surface area (Å²) in [5.74, 6) is 0.237. The summed E-state index contributed by atoms with van der Waals surface area (Å²) in [5, 5.41) is 0. The van der Waals surface area contributed by atoms with Crippen molar-refractivity contribution in [3.63, 3.8) is 0 Å². The molecule has 3 nitrogen and oxygen atoms in total. The van der Waals surface area contributed by atoms with E-state index in [1.165, 1.54) is 6.07 Å². The Balaban J connectivity index is 2.59. The SMILES string of the molecule is C[C@H](N)c1ccc(OCCN(C)C)cc1F. The second kappa shape index (κ2) is 5.82. The summed E-state index contributed by atoms with van der Waals surface area (Å²) in [7, 11) is 3.92. The molecule has 0 aliphatic carbocycles. The van der Waals surface area contributed by atoms with Crippen molar-refractivity contribution in [2.75, 3.05) is 27.2 Å². The van der Waals surface area contributed by atoms with Crippen molar-refractivity contribution < 1.29 is 9.13 Å². The molecule has 1 atom stereocenters. The molecule has 4 heteroatoms. The normalized spacial score (nSPS) is 12.9. The predicted molar refractivity (Wildman–Crippen MR) is 63.1 cm³/mol. The summed E-state index contributed by atoms with van der Waals surface area (Å²) in [6, 6.07) is 4.51. The van der Waals surface area contributed by atoms with Crippen molar-refractivity contribution in [3.05, 3.63) is 29.6 Å². The molecule has 0 saturated carbocycles. The summed E-state index contributed by atoms with van der Waals surface area (Å²) in [6.45, 7) is 3.10. The minimum absolute atomic E-state index is 0.296. The maximum absolute atomic E-state index is 13.5. The number of ether oxygens (including phenoxy) is 1. The Hall–Kier alpha value is -1.13. The molecule has 16 heavy (non-hydrogen) atoms. The highest BCUT2D eigenvalue weighted by Gasteiger charge is 2.07. The smallest absolute Gasteiger partial charge is 0.131 e. The molecular weight excluding hydrogens is 207 g/mol. The number of rotatable bonds is 5. The van der Waals surface area contributed by atoms with E-state index in [2.05, 4.69) is 0 Å². The van der Waals surface area contributed by atoms with Crippen LogP contribution in [-0.2, 0) is 0 Å². The van der Waals surface area contributed by atoms with Gasteiger partial charge >= 0.3 is 0 Å². The second-order valence-corrected chi connectivity index (χ2v) is 4.12. The lowest BCUT2D eigenvalue weighted by Gasteiger charge is -2.12. The summed E-state index contributed by atoms with van der Waals surface area (Å²) in [6.07, 6.45) is 0. The van der Waals surface area contributed by atoms with Crippen molar-refractivity contribution in [1.29, 1.82) is 0 Å². The quantitative estimate of drug-likeness (QED) is 0.831. The highest BCUT2D eigenvalue weighted by atomic mass is 19.1.